The Kier molecular flexibility index (Phi) is 23.4. The zero-order chi connectivity index (χ0) is 46.6. The second-order valence-corrected chi connectivity index (χ2v) is 15.2. The van der Waals surface area contributed by atoms with E-state index >= 15 is 0 Å². The predicted molar refractivity (Wildman–Crippen MR) is 217 cm³/mol. The van der Waals surface area contributed by atoms with Crippen LogP contribution in [0.2, 0.25) is 0 Å². The van der Waals surface area contributed by atoms with Crippen molar-refractivity contribution in [2.75, 3.05) is 26.8 Å². The number of carbonyl (C=O) groups is 9. The number of hydrogen-bond donors (Lipinski definition) is 11. The van der Waals surface area contributed by atoms with Crippen LogP contribution in [-0.4, -0.2) is 144 Å². The number of ether oxygens (including phenoxy) is 2. The first kappa shape index (κ1) is 53.6. The fourth-order valence-corrected chi connectivity index (χ4v) is 6.28. The van der Waals surface area contributed by atoms with E-state index < -0.39 is 139 Å². The van der Waals surface area contributed by atoms with Crippen molar-refractivity contribution in [3.8, 4) is 0 Å². The lowest BCUT2D eigenvalue weighted by Crippen LogP contribution is -2.64. The molecular formula is C39H64N8O14. The number of hydrogen-bond acceptors (Lipinski definition) is 14. The number of methoxy groups -OCH3 is 1. The van der Waals surface area contributed by atoms with E-state index in [1.54, 1.807) is 26.0 Å². The summed E-state index contributed by atoms with van der Waals surface area (Å²) in [6, 6.07) is -7.11. The molecule has 0 aromatic rings. The summed E-state index contributed by atoms with van der Waals surface area (Å²) >= 11 is 0. The molecule has 0 radical (unpaired) electrons. The summed E-state index contributed by atoms with van der Waals surface area (Å²) < 4.78 is 11.8. The van der Waals surface area contributed by atoms with Crippen molar-refractivity contribution >= 4 is 53.2 Å². The van der Waals surface area contributed by atoms with Crippen molar-refractivity contribution in [3.63, 3.8) is 0 Å². The molecule has 1 aliphatic rings. The molecule has 22 heteroatoms. The number of cyclic esters (lactones) is 1. The highest BCUT2D eigenvalue weighted by Crippen LogP contribution is 2.28. The quantitative estimate of drug-likeness (QED) is 0.0934. The van der Waals surface area contributed by atoms with Crippen molar-refractivity contribution in [2.24, 2.45) is 35.1 Å². The number of amides is 8. The molecule has 344 valence electrons. The molecule has 0 saturated carbocycles. The Labute approximate surface area is 354 Å². The first-order valence-electron chi connectivity index (χ1n) is 20.0. The molecule has 0 saturated heterocycles. The average Bonchev–Trinajstić information content (AvgIpc) is 3.20. The summed E-state index contributed by atoms with van der Waals surface area (Å²) in [5, 5.41) is 44.1. The highest BCUT2D eigenvalue weighted by Gasteiger charge is 2.41. The van der Waals surface area contributed by atoms with Crippen molar-refractivity contribution < 1.29 is 67.9 Å². The summed E-state index contributed by atoms with van der Waals surface area (Å²) in [4.78, 5) is 116. The van der Waals surface area contributed by atoms with Crippen LogP contribution in [-0.2, 0) is 52.6 Å². The highest BCUT2D eigenvalue weighted by molar-refractivity contribution is 5.99. The molecule has 13 N–H and O–H groups in total. The predicted octanol–water partition coefficient (Wildman–Crippen LogP) is -3.96. The Hall–Kier alpha value is -5.45. The molecule has 11 atom stereocenters. The Morgan fingerprint density at radius 1 is 0.869 bits per heavy atom. The molecule has 22 nitrogen and oxygen atoms in total. The number of esters is 1. The number of allylic oxidation sites excluding steroid dienone is 2. The maximum atomic E-state index is 13.9. The number of β-amino-alcohol motifs (C(OH)–C–C–N with tert-alkyl or cyclic N) is 1. The molecule has 0 aromatic heterocycles. The Morgan fingerprint density at radius 3 is 2.05 bits per heavy atom. The van der Waals surface area contributed by atoms with Crippen LogP contribution in [0.4, 0.5) is 0 Å². The molecule has 0 aromatic carbocycles. The monoisotopic (exact) mass is 868 g/mol. The van der Waals surface area contributed by atoms with Gasteiger partial charge in [-0.05, 0) is 24.7 Å². The van der Waals surface area contributed by atoms with Gasteiger partial charge in [-0.3, -0.25) is 38.4 Å². The van der Waals surface area contributed by atoms with Gasteiger partial charge in [0.1, 0.15) is 30.3 Å². The lowest BCUT2D eigenvalue weighted by Gasteiger charge is -2.35. The van der Waals surface area contributed by atoms with E-state index in [9.17, 15) is 58.5 Å². The minimum atomic E-state index is -2.40. The second-order valence-electron chi connectivity index (χ2n) is 15.2. The molecule has 0 aliphatic carbocycles. The topological polar surface area (TPSA) is 357 Å². The largest absolute Gasteiger partial charge is 0.460 e. The summed E-state index contributed by atoms with van der Waals surface area (Å²) in [5.74, 6) is -12.5. The smallest absolute Gasteiger partial charge is 0.329 e. The Morgan fingerprint density at radius 2 is 1.49 bits per heavy atom. The molecule has 1 heterocycles. The zero-order valence-corrected chi connectivity index (χ0v) is 35.7. The first-order chi connectivity index (χ1) is 28.6. The van der Waals surface area contributed by atoms with Gasteiger partial charge in [-0.25, -0.2) is 4.79 Å². The molecule has 1 aliphatic heterocycles. The van der Waals surface area contributed by atoms with E-state index in [4.69, 9.17) is 20.9 Å². The number of rotatable bonds is 10. The average molecular weight is 869 g/mol. The maximum absolute atomic E-state index is 13.9. The minimum Gasteiger partial charge on any atom is -0.460 e. The van der Waals surface area contributed by atoms with Gasteiger partial charge in [0.2, 0.25) is 47.3 Å². The highest BCUT2D eigenvalue weighted by atomic mass is 16.5. The second kappa shape index (κ2) is 26.7. The lowest BCUT2D eigenvalue weighted by molar-refractivity contribution is -0.163. The summed E-state index contributed by atoms with van der Waals surface area (Å²) in [5.41, 5.74) is 10.7. The van der Waals surface area contributed by atoms with Crippen LogP contribution >= 0.6 is 0 Å². The van der Waals surface area contributed by atoms with Gasteiger partial charge in [0, 0.05) is 25.6 Å². The molecule has 0 bridgehead atoms. The molecule has 61 heavy (non-hydrogen) atoms. The number of primary amides is 2. The molecule has 0 fully saturated rings. The van der Waals surface area contributed by atoms with Crippen LogP contribution in [0.15, 0.2) is 24.3 Å². The molecular weight excluding hydrogens is 804 g/mol. The Bertz CT molecular complexity index is 1610. The van der Waals surface area contributed by atoms with Crippen molar-refractivity contribution in [1.29, 1.82) is 0 Å². The summed E-state index contributed by atoms with van der Waals surface area (Å²) in [6.07, 6.45) is 1.94. The molecule has 0 spiro atoms. The maximum Gasteiger partial charge on any atom is 0.329 e. The van der Waals surface area contributed by atoms with Crippen molar-refractivity contribution in [1.82, 2.24) is 31.9 Å². The van der Waals surface area contributed by atoms with Crippen molar-refractivity contribution in [3.05, 3.63) is 24.3 Å². The van der Waals surface area contributed by atoms with Gasteiger partial charge in [-0.15, -0.1) is 0 Å². The molecule has 8 amide bonds. The summed E-state index contributed by atoms with van der Waals surface area (Å²) in [7, 11) is 1.48. The molecule has 1 rings (SSSR count). The van der Waals surface area contributed by atoms with E-state index in [0.29, 0.717) is 12.8 Å². The number of aliphatic hydroxyl groups excluding tert-OH is 3. The van der Waals surface area contributed by atoms with Crippen LogP contribution in [0, 0.1) is 23.7 Å². The van der Waals surface area contributed by atoms with Crippen LogP contribution in [0.25, 0.3) is 0 Å². The van der Waals surface area contributed by atoms with Crippen LogP contribution < -0.4 is 43.4 Å². The third-order valence-electron chi connectivity index (χ3n) is 9.97. The van der Waals surface area contributed by atoms with E-state index in [1.807, 2.05) is 20.8 Å². The standard InChI is InChI=1S/C39H64N8O14/c1-8-12-20(4)33-21(5)25(60-7)13-10-9-11-14-26(50)42-16-23(49)15-27(51)44-24(18-48)36(56)43-17-28(52)45-30(22(6)34(40)54)37(57)47-31(32(53)35(41)55)38(58)46-29(19(2)3)39(59)61-33/h9-11,14,19-25,29-33,48-49,53H,8,12-13,15-18H2,1-7H3,(H2,40,54)(H2,41,55)(H,42,50)(H,43,56)(H,44,51)(H,45,52)(H,46,58)(H,47,57)/b10-9+,14-11+/t20-,21-,22+,23-,24-,25-,29-,30-,31-,32+,33+/m0/s1. The van der Waals surface area contributed by atoms with E-state index in [2.05, 4.69) is 31.9 Å². The van der Waals surface area contributed by atoms with E-state index in [-0.39, 0.29) is 12.5 Å². The van der Waals surface area contributed by atoms with Gasteiger partial charge in [0.05, 0.1) is 37.7 Å². The van der Waals surface area contributed by atoms with E-state index in [0.717, 1.165) is 13.3 Å². The summed E-state index contributed by atoms with van der Waals surface area (Å²) in [6.45, 7) is 7.77. The third kappa shape index (κ3) is 18.0. The minimum absolute atomic E-state index is 0.208. The van der Waals surface area contributed by atoms with Crippen LogP contribution in [0.1, 0.15) is 67.2 Å². The van der Waals surface area contributed by atoms with Crippen molar-refractivity contribution in [2.45, 2.75) is 116 Å². The van der Waals surface area contributed by atoms with Gasteiger partial charge < -0.3 is 68.2 Å². The lowest BCUT2D eigenvalue weighted by atomic mass is 9.85. The van der Waals surface area contributed by atoms with Crippen LogP contribution in [0.5, 0.6) is 0 Å². The fraction of sp³-hybridized carbons (Fsp3) is 0.667. The number of nitrogens with two attached hydrogens (primary N) is 2. The van der Waals surface area contributed by atoms with Gasteiger partial charge in [0.25, 0.3) is 0 Å². The SMILES string of the molecule is CCC[C@H](C)[C@H]1OC(=O)[C@H](C(C)C)NC(=O)[C@H]([C@@H](O)C(N)=O)NC(=O)[C@H]([C@@H](C)C(N)=O)NC(=O)CNC(=O)[C@H](CO)NC(=O)C[C@H](O)CNC(=O)/C=C/C=C/C[C@H](OC)[C@@H]1C. The van der Waals surface area contributed by atoms with Gasteiger partial charge in [-0.1, -0.05) is 66.2 Å². The number of carbonyl (C=O) groups excluding carboxylic acids is 9. The van der Waals surface area contributed by atoms with Crippen LogP contribution in [0.3, 0.4) is 0 Å². The fourth-order valence-electron chi connectivity index (χ4n) is 6.28. The molecule has 0 unspecified atom stereocenters. The third-order valence-corrected chi connectivity index (χ3v) is 9.97. The Balaban J connectivity index is 3.69. The normalized spacial score (nSPS) is 29.1. The zero-order valence-electron chi connectivity index (χ0n) is 35.7. The van der Waals surface area contributed by atoms with E-state index in [1.165, 1.54) is 19.3 Å². The number of nitrogens with one attached hydrogen (secondary N) is 6. The van der Waals surface area contributed by atoms with Gasteiger partial charge in [0.15, 0.2) is 6.10 Å². The van der Waals surface area contributed by atoms with Gasteiger partial charge in [-0.2, -0.15) is 0 Å². The first-order valence-corrected chi connectivity index (χ1v) is 20.0. The number of aliphatic hydroxyl groups is 3. The van der Waals surface area contributed by atoms with Gasteiger partial charge >= 0.3 is 5.97 Å².